The molecular weight excluding hydrogens is 154 g/mol. The van der Waals surface area contributed by atoms with Gasteiger partial charge in [0.2, 0.25) is 0 Å². The average molecular weight is 171 g/mol. The number of hydrogen-bond acceptors (Lipinski definition) is 2. The molecule has 0 spiro atoms. The van der Waals surface area contributed by atoms with Crippen LogP contribution >= 0.6 is 11.8 Å². The lowest BCUT2D eigenvalue weighted by molar-refractivity contribution is 0.204. The summed E-state index contributed by atoms with van der Waals surface area (Å²) in [6.07, 6.45) is 1.45. The molecular formula is C9H17NS. The van der Waals surface area contributed by atoms with E-state index >= 15 is 0 Å². The zero-order chi connectivity index (χ0) is 7.90. The molecule has 0 radical (unpaired) electrons. The van der Waals surface area contributed by atoms with E-state index < -0.39 is 0 Å². The van der Waals surface area contributed by atoms with Crippen LogP contribution in [-0.2, 0) is 0 Å². The molecule has 2 heterocycles. The summed E-state index contributed by atoms with van der Waals surface area (Å²) in [5.41, 5.74) is 0. The van der Waals surface area contributed by atoms with E-state index in [9.17, 15) is 0 Å². The minimum absolute atomic E-state index is 0.562. The van der Waals surface area contributed by atoms with Gasteiger partial charge in [-0.05, 0) is 37.1 Å². The van der Waals surface area contributed by atoms with Gasteiger partial charge in [0.25, 0.3) is 0 Å². The van der Waals surface area contributed by atoms with Crippen molar-refractivity contribution in [3.8, 4) is 0 Å². The number of rotatable bonds is 1. The monoisotopic (exact) mass is 171 g/mol. The third-order valence-electron chi connectivity index (χ3n) is 3.18. The van der Waals surface area contributed by atoms with E-state index in [0.717, 1.165) is 11.8 Å². The molecule has 2 heteroatoms. The highest BCUT2D eigenvalue weighted by Gasteiger charge is 2.41. The minimum atomic E-state index is 0.562. The van der Waals surface area contributed by atoms with Crippen molar-refractivity contribution in [1.82, 2.24) is 5.32 Å². The summed E-state index contributed by atoms with van der Waals surface area (Å²) in [7, 11) is 0. The van der Waals surface area contributed by atoms with Crippen LogP contribution in [0, 0.1) is 11.8 Å². The predicted molar refractivity (Wildman–Crippen MR) is 51.0 cm³/mol. The van der Waals surface area contributed by atoms with E-state index in [1.807, 2.05) is 0 Å². The second-order valence-corrected chi connectivity index (χ2v) is 6.01. The Hall–Kier alpha value is 0.310. The maximum absolute atomic E-state index is 3.37. The normalized spacial score (nSPS) is 37.1. The summed E-state index contributed by atoms with van der Waals surface area (Å²) >= 11 is 2.16. The van der Waals surface area contributed by atoms with Crippen LogP contribution in [0.15, 0.2) is 0 Å². The van der Waals surface area contributed by atoms with E-state index in [-0.39, 0.29) is 0 Å². The van der Waals surface area contributed by atoms with Crippen LogP contribution < -0.4 is 5.32 Å². The van der Waals surface area contributed by atoms with Crippen molar-refractivity contribution in [3.63, 3.8) is 0 Å². The SMILES string of the molecule is CC1(C)SCCC1C1CNC1. The summed E-state index contributed by atoms with van der Waals surface area (Å²) in [5, 5.41) is 3.37. The Kier molecular flexibility index (Phi) is 1.92. The highest BCUT2D eigenvalue weighted by atomic mass is 32.2. The van der Waals surface area contributed by atoms with Crippen molar-refractivity contribution in [1.29, 1.82) is 0 Å². The van der Waals surface area contributed by atoms with Crippen LogP contribution in [0.1, 0.15) is 20.3 Å². The molecule has 1 nitrogen and oxygen atoms in total. The number of hydrogen-bond donors (Lipinski definition) is 1. The van der Waals surface area contributed by atoms with Gasteiger partial charge in [-0.25, -0.2) is 0 Å². The van der Waals surface area contributed by atoms with E-state index in [2.05, 4.69) is 30.9 Å². The van der Waals surface area contributed by atoms with Gasteiger partial charge in [0.15, 0.2) is 0 Å². The van der Waals surface area contributed by atoms with Crippen molar-refractivity contribution < 1.29 is 0 Å². The minimum Gasteiger partial charge on any atom is -0.316 e. The summed E-state index contributed by atoms with van der Waals surface area (Å²) < 4.78 is 0.562. The summed E-state index contributed by atoms with van der Waals surface area (Å²) in [5.74, 6) is 3.35. The first kappa shape index (κ1) is 7.93. The van der Waals surface area contributed by atoms with Crippen molar-refractivity contribution in [2.75, 3.05) is 18.8 Å². The van der Waals surface area contributed by atoms with Crippen LogP contribution in [0.25, 0.3) is 0 Å². The fourth-order valence-corrected chi connectivity index (χ4v) is 3.72. The molecule has 0 aromatic carbocycles. The first-order valence-electron chi connectivity index (χ1n) is 4.55. The molecule has 0 aliphatic carbocycles. The smallest absolute Gasteiger partial charge is 0.0135 e. The van der Waals surface area contributed by atoms with Crippen LogP contribution in [0.4, 0.5) is 0 Å². The molecule has 1 N–H and O–H groups in total. The van der Waals surface area contributed by atoms with Crippen molar-refractivity contribution >= 4 is 11.8 Å². The molecule has 0 amide bonds. The molecule has 0 aromatic rings. The molecule has 11 heavy (non-hydrogen) atoms. The van der Waals surface area contributed by atoms with E-state index in [0.29, 0.717) is 4.75 Å². The quantitative estimate of drug-likeness (QED) is 0.645. The second kappa shape index (κ2) is 2.67. The van der Waals surface area contributed by atoms with Crippen molar-refractivity contribution in [3.05, 3.63) is 0 Å². The molecule has 0 saturated carbocycles. The van der Waals surface area contributed by atoms with Gasteiger partial charge in [0.1, 0.15) is 0 Å². The summed E-state index contributed by atoms with van der Waals surface area (Å²) in [6, 6.07) is 0. The molecule has 2 aliphatic heterocycles. The molecule has 1 unspecified atom stereocenters. The van der Waals surface area contributed by atoms with E-state index in [1.54, 1.807) is 0 Å². The Labute approximate surface area is 73.3 Å². The molecule has 0 bridgehead atoms. The summed E-state index contributed by atoms with van der Waals surface area (Å²) in [6.45, 7) is 7.37. The number of thioether (sulfide) groups is 1. The highest BCUT2D eigenvalue weighted by molar-refractivity contribution is 8.00. The maximum atomic E-state index is 3.37. The third kappa shape index (κ3) is 1.31. The standard InChI is InChI=1S/C9H17NS/c1-9(2)8(3-4-11-9)7-5-10-6-7/h7-8,10H,3-6H2,1-2H3. The lowest BCUT2D eigenvalue weighted by atomic mass is 9.78. The fourth-order valence-electron chi connectivity index (χ4n) is 2.30. The first-order valence-corrected chi connectivity index (χ1v) is 5.53. The Morgan fingerprint density at radius 2 is 2.09 bits per heavy atom. The largest absolute Gasteiger partial charge is 0.316 e. The van der Waals surface area contributed by atoms with E-state index in [4.69, 9.17) is 0 Å². The lowest BCUT2D eigenvalue weighted by Gasteiger charge is -2.39. The van der Waals surface area contributed by atoms with Crippen molar-refractivity contribution in [2.45, 2.75) is 25.0 Å². The molecule has 2 aliphatic rings. The van der Waals surface area contributed by atoms with Crippen LogP contribution in [0.3, 0.4) is 0 Å². The van der Waals surface area contributed by atoms with Crippen LogP contribution in [0.5, 0.6) is 0 Å². The van der Waals surface area contributed by atoms with Gasteiger partial charge in [0.05, 0.1) is 0 Å². The zero-order valence-electron chi connectivity index (χ0n) is 7.39. The molecule has 2 fully saturated rings. The highest BCUT2D eigenvalue weighted by Crippen LogP contribution is 2.46. The van der Waals surface area contributed by atoms with Gasteiger partial charge in [-0.3, -0.25) is 0 Å². The molecule has 2 saturated heterocycles. The predicted octanol–water partition coefficient (Wildman–Crippen LogP) is 1.74. The number of nitrogens with one attached hydrogen (secondary N) is 1. The fraction of sp³-hybridized carbons (Fsp3) is 1.00. The van der Waals surface area contributed by atoms with Crippen LogP contribution in [0.2, 0.25) is 0 Å². The average Bonchev–Trinajstić information content (AvgIpc) is 2.07. The van der Waals surface area contributed by atoms with Gasteiger partial charge in [-0.2, -0.15) is 11.8 Å². The van der Waals surface area contributed by atoms with Gasteiger partial charge in [-0.15, -0.1) is 0 Å². The Balaban J connectivity index is 2.00. The van der Waals surface area contributed by atoms with Gasteiger partial charge < -0.3 is 5.32 Å². The van der Waals surface area contributed by atoms with Gasteiger partial charge in [-0.1, -0.05) is 13.8 Å². The molecule has 1 atom stereocenters. The second-order valence-electron chi connectivity index (χ2n) is 4.27. The van der Waals surface area contributed by atoms with Crippen LogP contribution in [-0.4, -0.2) is 23.6 Å². The lowest BCUT2D eigenvalue weighted by Crippen LogP contribution is -2.49. The Bertz CT molecular complexity index is 152. The van der Waals surface area contributed by atoms with Gasteiger partial charge in [0, 0.05) is 4.75 Å². The summed E-state index contributed by atoms with van der Waals surface area (Å²) in [4.78, 5) is 0. The molecule has 64 valence electrons. The Morgan fingerprint density at radius 3 is 2.45 bits per heavy atom. The topological polar surface area (TPSA) is 12.0 Å². The van der Waals surface area contributed by atoms with Crippen molar-refractivity contribution in [2.24, 2.45) is 11.8 Å². The first-order chi connectivity index (χ1) is 5.20. The zero-order valence-corrected chi connectivity index (χ0v) is 8.21. The molecule has 0 aromatic heterocycles. The van der Waals surface area contributed by atoms with E-state index in [1.165, 1.54) is 25.3 Å². The van der Waals surface area contributed by atoms with Gasteiger partial charge >= 0.3 is 0 Å². The molecule has 2 rings (SSSR count). The maximum Gasteiger partial charge on any atom is 0.0135 e. The third-order valence-corrected chi connectivity index (χ3v) is 4.66. The Morgan fingerprint density at radius 1 is 1.36 bits per heavy atom.